The molecule has 6 nitrogen and oxygen atoms in total. The van der Waals surface area contributed by atoms with Gasteiger partial charge in [0.1, 0.15) is 5.82 Å². The number of rotatable bonds is 6. The Morgan fingerprint density at radius 2 is 2.17 bits per heavy atom. The lowest BCUT2D eigenvalue weighted by atomic mass is 10.2. The van der Waals surface area contributed by atoms with Crippen LogP contribution in [0.2, 0.25) is 5.02 Å². The van der Waals surface area contributed by atoms with Crippen molar-refractivity contribution >= 4 is 35.1 Å². The molecule has 2 rings (SSSR count). The topological polar surface area (TPSA) is 87.2 Å². The van der Waals surface area contributed by atoms with E-state index in [9.17, 15) is 9.59 Å². The van der Waals surface area contributed by atoms with Crippen molar-refractivity contribution in [3.63, 3.8) is 0 Å². The number of halogens is 1. The Balaban J connectivity index is 2.29. The van der Waals surface area contributed by atoms with Crippen LogP contribution in [0.5, 0.6) is 0 Å². The second-order valence-electron chi connectivity index (χ2n) is 4.57. The first-order chi connectivity index (χ1) is 11.0. The number of nitrogen functional groups attached to an aromatic ring is 1. The summed E-state index contributed by atoms with van der Waals surface area (Å²) in [4.78, 5) is 27.0. The molecule has 8 heteroatoms. The maximum absolute atomic E-state index is 11.6. The van der Waals surface area contributed by atoms with E-state index in [0.717, 1.165) is 17.3 Å². The number of nitrogens with two attached hydrogens (primary N) is 1. The van der Waals surface area contributed by atoms with Crippen LogP contribution in [0.4, 0.5) is 5.82 Å². The largest absolute Gasteiger partial charge is 0.465 e. The van der Waals surface area contributed by atoms with Crippen molar-refractivity contribution in [2.24, 2.45) is 0 Å². The van der Waals surface area contributed by atoms with Crippen LogP contribution < -0.4 is 11.3 Å². The molecule has 0 radical (unpaired) electrons. The predicted molar refractivity (Wildman–Crippen MR) is 90.8 cm³/mol. The first kappa shape index (κ1) is 17.4. The number of carbonyl (C=O) groups excluding carboxylic acids is 1. The average molecular weight is 354 g/mol. The molecular formula is C15H16ClN3O3S. The molecule has 1 heterocycles. The van der Waals surface area contributed by atoms with Gasteiger partial charge in [0.2, 0.25) is 0 Å². The summed E-state index contributed by atoms with van der Waals surface area (Å²) in [7, 11) is 0. The highest BCUT2D eigenvalue weighted by Crippen LogP contribution is 2.22. The normalized spacial score (nSPS) is 10.5. The van der Waals surface area contributed by atoms with Crippen LogP contribution in [0.3, 0.4) is 0 Å². The van der Waals surface area contributed by atoms with Gasteiger partial charge in [0.05, 0.1) is 18.9 Å². The quantitative estimate of drug-likeness (QED) is 0.486. The number of hydrogen-bond acceptors (Lipinski definition) is 6. The van der Waals surface area contributed by atoms with Gasteiger partial charge in [-0.2, -0.15) is 4.98 Å². The third kappa shape index (κ3) is 4.74. The Hall–Kier alpha value is -1.99. The van der Waals surface area contributed by atoms with E-state index in [-0.39, 0.29) is 17.5 Å². The highest BCUT2D eigenvalue weighted by Gasteiger charge is 2.13. The number of hydrogen-bond donors (Lipinski definition) is 1. The van der Waals surface area contributed by atoms with Crippen molar-refractivity contribution in [1.29, 1.82) is 0 Å². The van der Waals surface area contributed by atoms with E-state index in [0.29, 0.717) is 23.3 Å². The number of benzene rings is 1. The lowest BCUT2D eigenvalue weighted by Gasteiger charge is -2.15. The number of anilines is 1. The minimum atomic E-state index is -0.454. The zero-order valence-electron chi connectivity index (χ0n) is 12.5. The molecule has 0 fully saturated rings. The third-order valence-corrected chi connectivity index (χ3v) is 4.25. The van der Waals surface area contributed by atoms with Gasteiger partial charge in [0, 0.05) is 11.1 Å². The van der Waals surface area contributed by atoms with E-state index >= 15 is 0 Å². The van der Waals surface area contributed by atoms with Gasteiger partial charge in [-0.25, -0.2) is 0 Å². The summed E-state index contributed by atoms with van der Waals surface area (Å²) >= 11 is 7.26. The monoisotopic (exact) mass is 353 g/mol. The zero-order chi connectivity index (χ0) is 16.8. The first-order valence-electron chi connectivity index (χ1n) is 6.90. The zero-order valence-corrected chi connectivity index (χ0v) is 14.1. The third-order valence-electron chi connectivity index (χ3n) is 2.93. The lowest BCUT2D eigenvalue weighted by Crippen LogP contribution is -2.19. The highest BCUT2D eigenvalue weighted by atomic mass is 35.5. The average Bonchev–Trinajstić information content (AvgIpc) is 2.50. The molecule has 0 saturated carbocycles. The summed E-state index contributed by atoms with van der Waals surface area (Å²) in [6.45, 7) is 2.38. The van der Waals surface area contributed by atoms with Crippen molar-refractivity contribution in [3.8, 4) is 0 Å². The number of carbonyl (C=O) groups is 1. The fraction of sp³-hybridized carbons (Fsp3) is 0.267. The molecule has 0 atom stereocenters. The summed E-state index contributed by atoms with van der Waals surface area (Å²) in [6, 6.07) is 8.56. The highest BCUT2D eigenvalue weighted by molar-refractivity contribution is 7.99. The molecule has 0 aliphatic carbocycles. The molecular weight excluding hydrogens is 338 g/mol. The molecule has 0 spiro atoms. The van der Waals surface area contributed by atoms with E-state index in [1.807, 2.05) is 18.2 Å². The van der Waals surface area contributed by atoms with Gasteiger partial charge < -0.3 is 15.0 Å². The Kier molecular flexibility index (Phi) is 6.06. The fourth-order valence-corrected chi connectivity index (χ4v) is 2.90. The Morgan fingerprint density at radius 3 is 2.87 bits per heavy atom. The Morgan fingerprint density at radius 1 is 1.43 bits per heavy atom. The Labute approximate surface area is 142 Å². The molecule has 1 aromatic heterocycles. The summed E-state index contributed by atoms with van der Waals surface area (Å²) in [5.41, 5.74) is 6.32. The van der Waals surface area contributed by atoms with E-state index in [2.05, 4.69) is 4.98 Å². The minimum Gasteiger partial charge on any atom is -0.465 e. The van der Waals surface area contributed by atoms with Crippen LogP contribution in [0.1, 0.15) is 12.5 Å². The molecule has 122 valence electrons. The standard InChI is InChI=1S/C15H16ClN3O3S/c1-2-22-14(21)9-23-15-18-13(20)7-12(17)19(15)8-10-5-3-4-6-11(10)16/h3-7H,2,8-9,17H2,1H3. The van der Waals surface area contributed by atoms with Crippen LogP contribution in [0, 0.1) is 0 Å². The van der Waals surface area contributed by atoms with Crippen molar-refractivity contribution in [2.75, 3.05) is 18.1 Å². The molecule has 1 aromatic carbocycles. The van der Waals surface area contributed by atoms with Gasteiger partial charge in [0.25, 0.3) is 5.56 Å². The molecule has 2 N–H and O–H groups in total. The van der Waals surface area contributed by atoms with E-state index < -0.39 is 5.56 Å². The summed E-state index contributed by atoms with van der Waals surface area (Å²) < 4.78 is 6.52. The molecule has 0 amide bonds. The first-order valence-corrected chi connectivity index (χ1v) is 8.26. The van der Waals surface area contributed by atoms with E-state index in [1.54, 1.807) is 17.6 Å². The summed E-state index contributed by atoms with van der Waals surface area (Å²) in [5, 5.41) is 0.940. The van der Waals surface area contributed by atoms with Crippen LogP contribution in [0.25, 0.3) is 0 Å². The lowest BCUT2D eigenvalue weighted by molar-refractivity contribution is -0.139. The van der Waals surface area contributed by atoms with Crippen molar-refractivity contribution in [1.82, 2.24) is 9.55 Å². The smallest absolute Gasteiger partial charge is 0.316 e. The van der Waals surface area contributed by atoms with Gasteiger partial charge in [-0.05, 0) is 18.6 Å². The van der Waals surface area contributed by atoms with Gasteiger partial charge in [0.15, 0.2) is 5.16 Å². The van der Waals surface area contributed by atoms with E-state index in [1.165, 1.54) is 6.07 Å². The van der Waals surface area contributed by atoms with Gasteiger partial charge in [-0.1, -0.05) is 41.6 Å². The van der Waals surface area contributed by atoms with Crippen LogP contribution >= 0.6 is 23.4 Å². The molecule has 0 saturated heterocycles. The number of ether oxygens (including phenoxy) is 1. The summed E-state index contributed by atoms with van der Waals surface area (Å²) in [6.07, 6.45) is 0. The molecule has 0 aliphatic rings. The number of nitrogens with zero attached hydrogens (tertiary/aromatic N) is 2. The molecule has 0 bridgehead atoms. The van der Waals surface area contributed by atoms with Crippen molar-refractivity contribution < 1.29 is 9.53 Å². The van der Waals surface area contributed by atoms with Crippen LogP contribution in [0.15, 0.2) is 40.3 Å². The minimum absolute atomic E-state index is 0.0479. The number of aromatic nitrogens is 2. The van der Waals surface area contributed by atoms with E-state index in [4.69, 9.17) is 22.1 Å². The van der Waals surface area contributed by atoms with Crippen LogP contribution in [-0.4, -0.2) is 27.9 Å². The molecule has 0 unspecified atom stereocenters. The molecule has 0 aliphatic heterocycles. The maximum atomic E-state index is 11.6. The summed E-state index contributed by atoms with van der Waals surface area (Å²) in [5.74, 6) is -0.0681. The predicted octanol–water partition coefficient (Wildman–Crippen LogP) is 2.18. The SMILES string of the molecule is CCOC(=O)CSc1nc(=O)cc(N)n1Cc1ccccc1Cl. The fourth-order valence-electron chi connectivity index (χ4n) is 1.89. The molecule has 2 aromatic rings. The Bertz CT molecular complexity index is 764. The maximum Gasteiger partial charge on any atom is 0.316 e. The second kappa shape index (κ2) is 8.03. The van der Waals surface area contributed by atoms with Crippen LogP contribution in [-0.2, 0) is 16.1 Å². The number of esters is 1. The van der Waals surface area contributed by atoms with Gasteiger partial charge in [-0.15, -0.1) is 0 Å². The molecule has 23 heavy (non-hydrogen) atoms. The van der Waals surface area contributed by atoms with Crippen molar-refractivity contribution in [3.05, 3.63) is 51.3 Å². The second-order valence-corrected chi connectivity index (χ2v) is 5.92. The van der Waals surface area contributed by atoms with Gasteiger partial charge in [-0.3, -0.25) is 9.59 Å². The van der Waals surface area contributed by atoms with Crippen molar-refractivity contribution in [2.45, 2.75) is 18.6 Å². The van der Waals surface area contributed by atoms with Gasteiger partial charge >= 0.3 is 5.97 Å². The number of thioether (sulfide) groups is 1.